The number of hydrogen-bond acceptors (Lipinski definition) is 5. The van der Waals surface area contributed by atoms with Crippen LogP contribution in [0.15, 0.2) is 46.9 Å². The second kappa shape index (κ2) is 6.56. The number of phenols is 1. The first-order chi connectivity index (χ1) is 12.0. The predicted octanol–water partition coefficient (Wildman–Crippen LogP) is 2.53. The molecule has 0 spiro atoms. The van der Waals surface area contributed by atoms with Gasteiger partial charge in [-0.2, -0.15) is 0 Å². The molecule has 0 atom stereocenters. The van der Waals surface area contributed by atoms with Crippen molar-refractivity contribution in [3.05, 3.63) is 59.4 Å². The van der Waals surface area contributed by atoms with E-state index in [1.54, 1.807) is 19.1 Å². The van der Waals surface area contributed by atoms with Gasteiger partial charge < -0.3 is 14.3 Å². The molecule has 0 saturated carbocycles. The van der Waals surface area contributed by atoms with Crippen molar-refractivity contribution in [2.24, 2.45) is 0 Å². The van der Waals surface area contributed by atoms with Gasteiger partial charge in [0.15, 0.2) is 5.76 Å². The summed E-state index contributed by atoms with van der Waals surface area (Å²) < 4.78 is 10.5. The predicted molar refractivity (Wildman–Crippen MR) is 90.5 cm³/mol. The lowest BCUT2D eigenvalue weighted by molar-refractivity contribution is 0.0830. The molecule has 0 radical (unpaired) electrons. The lowest BCUT2D eigenvalue weighted by atomic mass is 10.1. The molecule has 0 aliphatic carbocycles. The third-order valence-corrected chi connectivity index (χ3v) is 3.79. The lowest BCUT2D eigenvalue weighted by Crippen LogP contribution is -2.41. The third kappa shape index (κ3) is 3.12. The van der Waals surface area contributed by atoms with Crippen LogP contribution in [0.4, 0.5) is 0 Å². The maximum Gasteiger partial charge on any atom is 0.305 e. The molecule has 0 aliphatic rings. The van der Waals surface area contributed by atoms with Gasteiger partial charge in [0.2, 0.25) is 0 Å². The Labute approximate surface area is 143 Å². The maximum absolute atomic E-state index is 12.3. The van der Waals surface area contributed by atoms with Gasteiger partial charge in [0.25, 0.3) is 5.91 Å². The summed E-state index contributed by atoms with van der Waals surface area (Å²) in [5.74, 6) is -0.986. The highest BCUT2D eigenvalue weighted by molar-refractivity contribution is 6.02. The fourth-order valence-electron chi connectivity index (χ4n) is 2.46. The highest BCUT2D eigenvalue weighted by Gasteiger charge is 2.19. The smallest absolute Gasteiger partial charge is 0.305 e. The van der Waals surface area contributed by atoms with Crippen molar-refractivity contribution < 1.29 is 23.8 Å². The molecule has 2 aromatic carbocycles. The SMILES string of the molecule is COc1ccc(C(=O)NNC(=O)c2oc3ccccc3c2C)c(O)c1. The molecule has 0 bridgehead atoms. The van der Waals surface area contributed by atoms with Crippen LogP contribution in [0.2, 0.25) is 0 Å². The summed E-state index contributed by atoms with van der Waals surface area (Å²) >= 11 is 0. The van der Waals surface area contributed by atoms with Gasteiger partial charge in [0, 0.05) is 17.0 Å². The molecular weight excluding hydrogens is 324 g/mol. The number of furan rings is 1. The molecule has 3 N–H and O–H groups in total. The Kier molecular flexibility index (Phi) is 4.30. The van der Waals surface area contributed by atoms with E-state index in [0.29, 0.717) is 16.9 Å². The van der Waals surface area contributed by atoms with Crippen molar-refractivity contribution >= 4 is 22.8 Å². The summed E-state index contributed by atoms with van der Waals surface area (Å²) in [6.45, 7) is 1.76. The molecule has 0 aliphatic heterocycles. The largest absolute Gasteiger partial charge is 0.507 e. The normalized spacial score (nSPS) is 10.5. The Morgan fingerprint density at radius 3 is 2.48 bits per heavy atom. The number of rotatable bonds is 3. The molecule has 3 rings (SSSR count). The number of aryl methyl sites for hydroxylation is 1. The van der Waals surface area contributed by atoms with E-state index in [-0.39, 0.29) is 17.1 Å². The highest BCUT2D eigenvalue weighted by atomic mass is 16.5. The van der Waals surface area contributed by atoms with E-state index in [0.717, 1.165) is 5.39 Å². The van der Waals surface area contributed by atoms with Crippen LogP contribution in [-0.4, -0.2) is 24.0 Å². The fourth-order valence-corrected chi connectivity index (χ4v) is 2.46. The minimum absolute atomic E-state index is 0.00225. The van der Waals surface area contributed by atoms with E-state index in [1.165, 1.54) is 25.3 Å². The highest BCUT2D eigenvalue weighted by Crippen LogP contribution is 2.25. The molecule has 3 aromatic rings. The number of ether oxygens (including phenoxy) is 1. The number of benzene rings is 2. The van der Waals surface area contributed by atoms with Crippen molar-refractivity contribution in [1.29, 1.82) is 0 Å². The fraction of sp³-hybridized carbons (Fsp3) is 0.111. The molecule has 7 heteroatoms. The van der Waals surface area contributed by atoms with Gasteiger partial charge in [-0.3, -0.25) is 20.4 Å². The average Bonchev–Trinajstić information content (AvgIpc) is 2.96. The van der Waals surface area contributed by atoms with E-state index in [9.17, 15) is 14.7 Å². The van der Waals surface area contributed by atoms with Gasteiger partial charge in [-0.05, 0) is 25.1 Å². The van der Waals surface area contributed by atoms with Crippen molar-refractivity contribution in [3.63, 3.8) is 0 Å². The summed E-state index contributed by atoms with van der Waals surface area (Å²) in [7, 11) is 1.45. The number of carbonyl (C=O) groups excluding carboxylic acids is 2. The molecule has 7 nitrogen and oxygen atoms in total. The number of para-hydroxylation sites is 1. The van der Waals surface area contributed by atoms with Gasteiger partial charge >= 0.3 is 5.91 Å². The second-order valence-corrected chi connectivity index (χ2v) is 5.34. The molecule has 2 amide bonds. The summed E-state index contributed by atoms with van der Waals surface area (Å²) in [6.07, 6.45) is 0. The van der Waals surface area contributed by atoms with E-state index >= 15 is 0 Å². The number of hydrazine groups is 1. The standard InChI is InChI=1S/C18H16N2O5/c1-10-12-5-3-4-6-15(12)25-16(10)18(23)20-19-17(22)13-8-7-11(24-2)9-14(13)21/h3-9,21H,1-2H3,(H,19,22)(H,20,23). The Balaban J connectivity index is 1.73. The molecule has 0 unspecified atom stereocenters. The first kappa shape index (κ1) is 16.4. The number of carbonyl (C=O) groups is 2. The number of nitrogens with one attached hydrogen (secondary N) is 2. The van der Waals surface area contributed by atoms with Gasteiger partial charge in [-0.1, -0.05) is 18.2 Å². The quantitative estimate of drug-likeness (QED) is 0.636. The van der Waals surface area contributed by atoms with E-state index in [1.807, 2.05) is 12.1 Å². The van der Waals surface area contributed by atoms with Gasteiger partial charge in [-0.25, -0.2) is 0 Å². The van der Waals surface area contributed by atoms with Gasteiger partial charge in [-0.15, -0.1) is 0 Å². The van der Waals surface area contributed by atoms with Crippen LogP contribution >= 0.6 is 0 Å². The van der Waals surface area contributed by atoms with E-state index in [2.05, 4.69) is 10.9 Å². The first-order valence-corrected chi connectivity index (χ1v) is 7.47. The summed E-state index contributed by atoms with van der Waals surface area (Å²) in [4.78, 5) is 24.4. The van der Waals surface area contributed by atoms with Crippen LogP contribution in [0.3, 0.4) is 0 Å². The van der Waals surface area contributed by atoms with Crippen LogP contribution in [-0.2, 0) is 0 Å². The molecule has 25 heavy (non-hydrogen) atoms. The third-order valence-electron chi connectivity index (χ3n) is 3.79. The van der Waals surface area contributed by atoms with Crippen LogP contribution in [0, 0.1) is 6.92 Å². The second-order valence-electron chi connectivity index (χ2n) is 5.34. The molecule has 128 valence electrons. The van der Waals surface area contributed by atoms with E-state index in [4.69, 9.17) is 9.15 Å². The summed E-state index contributed by atoms with van der Waals surface area (Å²) in [6, 6.07) is 11.5. The Bertz CT molecular complexity index is 961. The summed E-state index contributed by atoms with van der Waals surface area (Å²) in [5, 5.41) is 10.7. The van der Waals surface area contributed by atoms with Crippen molar-refractivity contribution in [2.75, 3.05) is 7.11 Å². The number of phenolic OH excluding ortho intramolecular Hbond substituents is 1. The molecular formula is C18H16N2O5. The number of hydrogen-bond donors (Lipinski definition) is 3. The van der Waals surface area contributed by atoms with E-state index < -0.39 is 11.8 Å². The van der Waals surface area contributed by atoms with Crippen molar-refractivity contribution in [1.82, 2.24) is 10.9 Å². The first-order valence-electron chi connectivity index (χ1n) is 7.47. The monoisotopic (exact) mass is 340 g/mol. The zero-order chi connectivity index (χ0) is 18.0. The minimum atomic E-state index is -0.665. The molecule has 1 heterocycles. The van der Waals surface area contributed by atoms with Gasteiger partial charge in [0.1, 0.15) is 17.1 Å². The van der Waals surface area contributed by atoms with Crippen LogP contribution in [0.1, 0.15) is 26.5 Å². The average molecular weight is 340 g/mol. The maximum atomic E-state index is 12.3. The lowest BCUT2D eigenvalue weighted by Gasteiger charge is -2.09. The number of amides is 2. The number of fused-ring (bicyclic) bond motifs is 1. The Morgan fingerprint density at radius 1 is 1.08 bits per heavy atom. The zero-order valence-corrected chi connectivity index (χ0v) is 13.6. The van der Waals surface area contributed by atoms with Crippen LogP contribution < -0.4 is 15.6 Å². The minimum Gasteiger partial charge on any atom is -0.507 e. The van der Waals surface area contributed by atoms with Crippen molar-refractivity contribution in [3.8, 4) is 11.5 Å². The number of methoxy groups -OCH3 is 1. The topological polar surface area (TPSA) is 101 Å². The Hall–Kier alpha value is -3.48. The van der Waals surface area contributed by atoms with Gasteiger partial charge in [0.05, 0.1) is 12.7 Å². The zero-order valence-electron chi connectivity index (χ0n) is 13.6. The van der Waals surface area contributed by atoms with Crippen molar-refractivity contribution in [2.45, 2.75) is 6.92 Å². The molecule has 1 aromatic heterocycles. The number of aromatic hydroxyl groups is 1. The summed E-state index contributed by atoms with van der Waals surface area (Å²) in [5.41, 5.74) is 5.79. The van der Waals surface area contributed by atoms with Crippen LogP contribution in [0.25, 0.3) is 11.0 Å². The van der Waals surface area contributed by atoms with Crippen LogP contribution in [0.5, 0.6) is 11.5 Å². The molecule has 0 fully saturated rings. The molecule has 0 saturated heterocycles. The Morgan fingerprint density at radius 2 is 1.80 bits per heavy atom.